The van der Waals surface area contributed by atoms with E-state index in [0.29, 0.717) is 0 Å². The molecule has 0 fully saturated rings. The first kappa shape index (κ1) is 21.2. The summed E-state index contributed by atoms with van der Waals surface area (Å²) in [5.41, 5.74) is 7.77. The molecular weight excluding hydrogens is 416 g/mol. The van der Waals surface area contributed by atoms with Crippen LogP contribution in [0.3, 0.4) is 0 Å². The number of benzene rings is 1. The van der Waals surface area contributed by atoms with Gasteiger partial charge in [0.2, 0.25) is 0 Å². The summed E-state index contributed by atoms with van der Waals surface area (Å²) in [6, 6.07) is 6.23. The summed E-state index contributed by atoms with van der Waals surface area (Å²) >= 11 is 0. The van der Waals surface area contributed by atoms with Crippen molar-refractivity contribution in [3.8, 4) is 28.1 Å². The SMILES string of the molecule is CCc1noc(CC)c1-c1cc2[nH]c3ccnc(-c4c(CC)noc4CC)c3c2cc1OC. The molecule has 7 heteroatoms. The van der Waals surface area contributed by atoms with Crippen molar-refractivity contribution in [3.63, 3.8) is 0 Å². The van der Waals surface area contributed by atoms with Crippen LogP contribution in [0.1, 0.15) is 50.6 Å². The molecule has 0 atom stereocenters. The van der Waals surface area contributed by atoms with Crippen molar-refractivity contribution < 1.29 is 13.8 Å². The number of nitrogens with zero attached hydrogens (tertiary/aromatic N) is 3. The van der Waals surface area contributed by atoms with Crippen molar-refractivity contribution in [2.75, 3.05) is 7.11 Å². The fourth-order valence-corrected chi connectivity index (χ4v) is 4.69. The Balaban J connectivity index is 1.83. The zero-order chi connectivity index (χ0) is 23.1. The van der Waals surface area contributed by atoms with Crippen LogP contribution in [-0.2, 0) is 25.7 Å². The van der Waals surface area contributed by atoms with E-state index in [1.165, 1.54) is 0 Å². The number of nitrogens with one attached hydrogen (secondary N) is 1. The fraction of sp³-hybridized carbons (Fsp3) is 0.346. The highest BCUT2D eigenvalue weighted by atomic mass is 16.5. The second kappa shape index (κ2) is 8.39. The summed E-state index contributed by atoms with van der Waals surface area (Å²) in [4.78, 5) is 8.37. The number of hydrogen-bond acceptors (Lipinski definition) is 6. The molecule has 0 saturated heterocycles. The van der Waals surface area contributed by atoms with Crippen molar-refractivity contribution >= 4 is 21.8 Å². The lowest BCUT2D eigenvalue weighted by Crippen LogP contribution is -1.94. The summed E-state index contributed by atoms with van der Waals surface area (Å²) < 4.78 is 17.2. The zero-order valence-electron chi connectivity index (χ0n) is 19.7. The van der Waals surface area contributed by atoms with E-state index in [0.717, 1.165) is 98.5 Å². The molecule has 0 aliphatic carbocycles. The number of fused-ring (bicyclic) bond motifs is 3. The molecule has 33 heavy (non-hydrogen) atoms. The lowest BCUT2D eigenvalue weighted by atomic mass is 9.97. The van der Waals surface area contributed by atoms with Gasteiger partial charge in [0.1, 0.15) is 17.3 Å². The molecule has 0 amide bonds. The highest BCUT2D eigenvalue weighted by Gasteiger charge is 2.24. The molecule has 5 rings (SSSR count). The Hall–Kier alpha value is -3.61. The minimum absolute atomic E-state index is 0.753. The molecule has 0 bridgehead atoms. The molecule has 5 aromatic rings. The van der Waals surface area contributed by atoms with Gasteiger partial charge in [0, 0.05) is 40.9 Å². The van der Waals surface area contributed by atoms with Gasteiger partial charge in [-0.15, -0.1) is 0 Å². The zero-order valence-corrected chi connectivity index (χ0v) is 19.7. The van der Waals surface area contributed by atoms with Gasteiger partial charge in [-0.3, -0.25) is 4.98 Å². The summed E-state index contributed by atoms with van der Waals surface area (Å²) in [5.74, 6) is 2.50. The number of hydrogen-bond donors (Lipinski definition) is 1. The van der Waals surface area contributed by atoms with Crippen LogP contribution >= 0.6 is 0 Å². The lowest BCUT2D eigenvalue weighted by Gasteiger charge is -2.10. The van der Waals surface area contributed by atoms with Crippen LogP contribution in [0.25, 0.3) is 44.2 Å². The molecule has 1 aromatic carbocycles. The minimum atomic E-state index is 0.753. The van der Waals surface area contributed by atoms with Crippen LogP contribution in [0.5, 0.6) is 5.75 Å². The van der Waals surface area contributed by atoms with Crippen molar-refractivity contribution in [3.05, 3.63) is 47.3 Å². The predicted octanol–water partition coefficient (Wildman–Crippen LogP) is 6.28. The summed E-state index contributed by atoms with van der Waals surface area (Å²) in [6.45, 7) is 8.32. The normalized spacial score (nSPS) is 11.7. The Morgan fingerprint density at radius 2 is 1.52 bits per heavy atom. The highest BCUT2D eigenvalue weighted by Crippen LogP contribution is 2.42. The Bertz CT molecular complexity index is 1410. The molecule has 0 saturated carbocycles. The largest absolute Gasteiger partial charge is 0.496 e. The molecule has 170 valence electrons. The second-order valence-corrected chi connectivity index (χ2v) is 8.07. The highest BCUT2D eigenvalue weighted by molar-refractivity contribution is 6.14. The predicted molar refractivity (Wildman–Crippen MR) is 129 cm³/mol. The Labute approximate surface area is 192 Å². The minimum Gasteiger partial charge on any atom is -0.496 e. The summed E-state index contributed by atoms with van der Waals surface area (Å²) in [7, 11) is 1.70. The quantitative estimate of drug-likeness (QED) is 0.317. The number of aromatic nitrogens is 4. The van der Waals surface area contributed by atoms with Crippen LogP contribution in [0.4, 0.5) is 0 Å². The maximum atomic E-state index is 5.88. The summed E-state index contributed by atoms with van der Waals surface area (Å²) in [6.07, 6.45) is 4.91. The number of ether oxygens (including phenoxy) is 1. The van der Waals surface area contributed by atoms with E-state index in [-0.39, 0.29) is 0 Å². The van der Waals surface area contributed by atoms with Gasteiger partial charge in [-0.1, -0.05) is 38.0 Å². The van der Waals surface area contributed by atoms with E-state index >= 15 is 0 Å². The lowest BCUT2D eigenvalue weighted by molar-refractivity contribution is 0.381. The van der Waals surface area contributed by atoms with Gasteiger partial charge in [-0.2, -0.15) is 0 Å². The molecular formula is C26H28N4O3. The number of H-pyrrole nitrogens is 1. The number of rotatable bonds is 7. The Kier molecular flexibility index (Phi) is 5.40. The van der Waals surface area contributed by atoms with Crippen molar-refractivity contribution in [2.45, 2.75) is 53.4 Å². The van der Waals surface area contributed by atoms with Gasteiger partial charge in [0.05, 0.1) is 40.8 Å². The van der Waals surface area contributed by atoms with Crippen LogP contribution in [0.2, 0.25) is 0 Å². The van der Waals surface area contributed by atoms with Crippen LogP contribution < -0.4 is 4.74 Å². The van der Waals surface area contributed by atoms with E-state index in [1.54, 1.807) is 7.11 Å². The molecule has 0 aliphatic rings. The van der Waals surface area contributed by atoms with Crippen LogP contribution in [-0.4, -0.2) is 27.4 Å². The second-order valence-electron chi connectivity index (χ2n) is 8.07. The average Bonchev–Trinajstić information content (AvgIpc) is 3.56. The maximum Gasteiger partial charge on any atom is 0.146 e. The first-order chi connectivity index (χ1) is 16.1. The van der Waals surface area contributed by atoms with E-state index in [9.17, 15) is 0 Å². The third kappa shape index (κ3) is 3.22. The van der Waals surface area contributed by atoms with E-state index < -0.39 is 0 Å². The van der Waals surface area contributed by atoms with Crippen molar-refractivity contribution in [1.29, 1.82) is 0 Å². The molecule has 0 spiro atoms. The average molecular weight is 445 g/mol. The molecule has 4 heterocycles. The van der Waals surface area contributed by atoms with Gasteiger partial charge in [0.25, 0.3) is 0 Å². The number of aromatic amines is 1. The first-order valence-electron chi connectivity index (χ1n) is 11.6. The van der Waals surface area contributed by atoms with Gasteiger partial charge < -0.3 is 18.8 Å². The molecule has 7 nitrogen and oxygen atoms in total. The van der Waals surface area contributed by atoms with Gasteiger partial charge in [-0.05, 0) is 31.0 Å². The van der Waals surface area contributed by atoms with E-state index in [2.05, 4.69) is 55.1 Å². The topological polar surface area (TPSA) is 90.0 Å². The Morgan fingerprint density at radius 1 is 0.848 bits per heavy atom. The first-order valence-corrected chi connectivity index (χ1v) is 11.6. The van der Waals surface area contributed by atoms with Crippen LogP contribution in [0, 0.1) is 0 Å². The smallest absolute Gasteiger partial charge is 0.146 e. The molecule has 0 aliphatic heterocycles. The van der Waals surface area contributed by atoms with Gasteiger partial charge in [-0.25, -0.2) is 0 Å². The van der Waals surface area contributed by atoms with Crippen molar-refractivity contribution in [1.82, 2.24) is 20.3 Å². The Morgan fingerprint density at radius 3 is 2.15 bits per heavy atom. The van der Waals surface area contributed by atoms with Crippen LogP contribution in [0.15, 0.2) is 33.4 Å². The van der Waals surface area contributed by atoms with E-state index in [1.807, 2.05) is 12.3 Å². The fourth-order valence-electron chi connectivity index (χ4n) is 4.69. The number of methoxy groups -OCH3 is 1. The molecule has 4 aromatic heterocycles. The van der Waals surface area contributed by atoms with Gasteiger partial charge >= 0.3 is 0 Å². The molecule has 1 N–H and O–H groups in total. The van der Waals surface area contributed by atoms with Gasteiger partial charge in [0.15, 0.2) is 0 Å². The standard InChI is InChI=1S/C26H28N4O3/c1-6-16-23(20(8-3)32-29-16)15-12-19-14(13-22(15)31-5)24-18(28-19)10-11-27-26(24)25-17(7-2)30-33-21(25)9-4/h10-13,28H,6-9H2,1-5H3. The third-order valence-corrected chi connectivity index (χ3v) is 6.31. The maximum absolute atomic E-state index is 5.88. The summed E-state index contributed by atoms with van der Waals surface area (Å²) in [5, 5.41) is 10.7. The third-order valence-electron chi connectivity index (χ3n) is 6.31. The molecule has 0 unspecified atom stereocenters. The number of aryl methyl sites for hydroxylation is 4. The number of pyridine rings is 1. The molecule has 0 radical (unpaired) electrons. The van der Waals surface area contributed by atoms with Crippen molar-refractivity contribution in [2.24, 2.45) is 0 Å². The monoisotopic (exact) mass is 444 g/mol. The van der Waals surface area contributed by atoms with E-state index in [4.69, 9.17) is 18.8 Å².